The van der Waals surface area contributed by atoms with Gasteiger partial charge in [0.2, 0.25) is 0 Å². The molecular formula is C14H16IN3O2S. The van der Waals surface area contributed by atoms with Crippen LogP contribution in [0.5, 0.6) is 0 Å². The Morgan fingerprint density at radius 3 is 2.67 bits per heavy atom. The molecule has 0 bridgehead atoms. The molecule has 21 heavy (non-hydrogen) atoms. The highest BCUT2D eigenvalue weighted by molar-refractivity contribution is 14.1. The summed E-state index contributed by atoms with van der Waals surface area (Å²) in [5, 5.41) is 0. The van der Waals surface area contributed by atoms with Gasteiger partial charge in [0.1, 0.15) is 4.90 Å². The van der Waals surface area contributed by atoms with Crippen molar-refractivity contribution < 1.29 is 8.42 Å². The summed E-state index contributed by atoms with van der Waals surface area (Å²) in [5.74, 6) is 0. The summed E-state index contributed by atoms with van der Waals surface area (Å²) in [4.78, 5) is 0.273. The Bertz CT molecular complexity index is 766. The van der Waals surface area contributed by atoms with Crippen LogP contribution in [0, 0.1) is 3.57 Å². The number of halogens is 1. The lowest BCUT2D eigenvalue weighted by atomic mass is 10.3. The van der Waals surface area contributed by atoms with E-state index >= 15 is 0 Å². The molecule has 0 radical (unpaired) electrons. The maximum Gasteiger partial charge on any atom is 0.263 e. The molecule has 0 spiro atoms. The zero-order chi connectivity index (χ0) is 15.0. The first-order valence-electron chi connectivity index (χ1n) is 6.69. The third-order valence-corrected chi connectivity index (χ3v) is 5.76. The van der Waals surface area contributed by atoms with Gasteiger partial charge in [-0.25, -0.2) is 8.42 Å². The predicted molar refractivity (Wildman–Crippen MR) is 90.6 cm³/mol. The molecule has 1 fully saturated rings. The molecule has 1 heterocycles. The maximum atomic E-state index is 12.5. The molecule has 3 N–H and O–H groups in total. The Morgan fingerprint density at radius 2 is 2.05 bits per heavy atom. The van der Waals surface area contributed by atoms with Gasteiger partial charge in [0.25, 0.3) is 10.0 Å². The van der Waals surface area contributed by atoms with Crippen molar-refractivity contribution in [3.63, 3.8) is 0 Å². The van der Waals surface area contributed by atoms with Crippen LogP contribution in [0.1, 0.15) is 24.6 Å². The molecule has 7 heteroatoms. The van der Waals surface area contributed by atoms with Gasteiger partial charge in [-0.2, -0.15) is 0 Å². The molecule has 2 aromatic rings. The minimum absolute atomic E-state index is 0.273. The van der Waals surface area contributed by atoms with Crippen molar-refractivity contribution in [1.29, 1.82) is 0 Å². The topological polar surface area (TPSA) is 77.1 Å². The van der Waals surface area contributed by atoms with Crippen molar-refractivity contribution in [2.45, 2.75) is 30.3 Å². The van der Waals surface area contributed by atoms with E-state index in [1.165, 1.54) is 0 Å². The summed E-state index contributed by atoms with van der Waals surface area (Å²) in [7, 11) is -3.58. The number of nitrogens with two attached hydrogens (primary N) is 1. The number of rotatable bonds is 5. The van der Waals surface area contributed by atoms with Gasteiger partial charge in [-0.3, -0.25) is 4.72 Å². The van der Waals surface area contributed by atoms with Crippen LogP contribution in [0.15, 0.2) is 41.4 Å². The van der Waals surface area contributed by atoms with Gasteiger partial charge >= 0.3 is 0 Å². The molecule has 112 valence electrons. The first-order chi connectivity index (χ1) is 10.0. The molecule has 0 amide bonds. The molecule has 3 rings (SSSR count). The van der Waals surface area contributed by atoms with Crippen LogP contribution in [-0.4, -0.2) is 13.0 Å². The standard InChI is InChI=1S/C14H16IN3O2S/c15-13-3-1-2-4-14(13)17-21(19,20)12-7-11(8-16)18(9-12)10-5-6-10/h1-4,7,9-10,17H,5-6,8,16H2. The monoisotopic (exact) mass is 417 g/mol. The van der Waals surface area contributed by atoms with Crippen LogP contribution in [0.3, 0.4) is 0 Å². The first kappa shape index (κ1) is 14.9. The number of hydrogen-bond acceptors (Lipinski definition) is 3. The van der Waals surface area contributed by atoms with Crippen LogP contribution >= 0.6 is 22.6 Å². The average Bonchev–Trinajstić information content (AvgIpc) is 3.19. The number of anilines is 1. The third-order valence-electron chi connectivity index (χ3n) is 3.48. The number of sulfonamides is 1. The normalized spacial score (nSPS) is 15.1. The number of para-hydroxylation sites is 1. The Hall–Kier alpha value is -1.06. The van der Waals surface area contributed by atoms with E-state index in [1.807, 2.05) is 16.7 Å². The fourth-order valence-corrected chi connectivity index (χ4v) is 4.08. The lowest BCUT2D eigenvalue weighted by molar-refractivity contribution is 0.600. The number of benzene rings is 1. The molecule has 0 unspecified atom stereocenters. The van der Waals surface area contributed by atoms with Gasteiger partial charge in [0, 0.05) is 28.0 Å². The van der Waals surface area contributed by atoms with Crippen LogP contribution in [-0.2, 0) is 16.6 Å². The van der Waals surface area contributed by atoms with E-state index in [9.17, 15) is 8.42 Å². The van der Waals surface area contributed by atoms with Gasteiger partial charge in [-0.1, -0.05) is 12.1 Å². The third kappa shape index (κ3) is 3.09. The molecule has 1 aliphatic rings. The minimum atomic E-state index is -3.58. The Kier molecular flexibility index (Phi) is 3.98. The molecular weight excluding hydrogens is 401 g/mol. The largest absolute Gasteiger partial charge is 0.346 e. The molecule has 0 saturated heterocycles. The van der Waals surface area contributed by atoms with Crippen molar-refractivity contribution in [2.75, 3.05) is 4.72 Å². The van der Waals surface area contributed by atoms with Crippen molar-refractivity contribution in [3.05, 3.63) is 45.8 Å². The van der Waals surface area contributed by atoms with Gasteiger partial charge in [-0.05, 0) is 53.6 Å². The van der Waals surface area contributed by atoms with Crippen LogP contribution in [0.4, 0.5) is 5.69 Å². The number of nitrogens with zero attached hydrogens (tertiary/aromatic N) is 1. The maximum absolute atomic E-state index is 12.5. The summed E-state index contributed by atoms with van der Waals surface area (Å²) in [5.41, 5.74) is 7.16. The summed E-state index contributed by atoms with van der Waals surface area (Å²) < 4.78 is 30.5. The van der Waals surface area contributed by atoms with E-state index in [4.69, 9.17) is 5.73 Å². The second-order valence-electron chi connectivity index (χ2n) is 5.10. The molecule has 1 aromatic heterocycles. The van der Waals surface area contributed by atoms with Crippen molar-refractivity contribution in [3.8, 4) is 0 Å². The van der Waals surface area contributed by atoms with E-state index < -0.39 is 10.0 Å². The highest BCUT2D eigenvalue weighted by Crippen LogP contribution is 2.37. The quantitative estimate of drug-likeness (QED) is 0.735. The lowest BCUT2D eigenvalue weighted by Crippen LogP contribution is -2.13. The number of nitrogens with one attached hydrogen (secondary N) is 1. The van der Waals surface area contributed by atoms with Crippen molar-refractivity contribution >= 4 is 38.3 Å². The molecule has 1 aliphatic carbocycles. The van der Waals surface area contributed by atoms with Crippen LogP contribution in [0.25, 0.3) is 0 Å². The zero-order valence-electron chi connectivity index (χ0n) is 11.3. The summed E-state index contributed by atoms with van der Waals surface area (Å²) in [6, 6.07) is 9.36. The van der Waals surface area contributed by atoms with Gasteiger partial charge in [-0.15, -0.1) is 0 Å². The predicted octanol–water partition coefficient (Wildman–Crippen LogP) is 2.69. The van der Waals surface area contributed by atoms with E-state index in [-0.39, 0.29) is 4.90 Å². The fraction of sp³-hybridized carbons (Fsp3) is 0.286. The fourth-order valence-electron chi connectivity index (χ4n) is 2.25. The van der Waals surface area contributed by atoms with Crippen LogP contribution < -0.4 is 10.5 Å². The highest BCUT2D eigenvalue weighted by Gasteiger charge is 2.28. The highest BCUT2D eigenvalue weighted by atomic mass is 127. The summed E-state index contributed by atoms with van der Waals surface area (Å²) >= 11 is 2.11. The summed E-state index contributed by atoms with van der Waals surface area (Å²) in [6.07, 6.45) is 3.87. The first-order valence-corrected chi connectivity index (χ1v) is 9.25. The van der Waals surface area contributed by atoms with Gasteiger partial charge < -0.3 is 10.3 Å². The van der Waals surface area contributed by atoms with Gasteiger partial charge in [0.15, 0.2) is 0 Å². The van der Waals surface area contributed by atoms with E-state index in [0.717, 1.165) is 22.1 Å². The molecule has 5 nitrogen and oxygen atoms in total. The lowest BCUT2D eigenvalue weighted by Gasteiger charge is -2.08. The van der Waals surface area contributed by atoms with E-state index in [2.05, 4.69) is 27.3 Å². The molecule has 1 saturated carbocycles. The second-order valence-corrected chi connectivity index (χ2v) is 7.94. The van der Waals surface area contributed by atoms with E-state index in [1.54, 1.807) is 24.4 Å². The Morgan fingerprint density at radius 1 is 1.33 bits per heavy atom. The molecule has 0 atom stereocenters. The zero-order valence-corrected chi connectivity index (χ0v) is 14.3. The summed E-state index contributed by atoms with van der Waals surface area (Å²) in [6.45, 7) is 0.342. The number of aromatic nitrogens is 1. The minimum Gasteiger partial charge on any atom is -0.346 e. The molecule has 0 aliphatic heterocycles. The van der Waals surface area contributed by atoms with Gasteiger partial charge in [0.05, 0.1) is 5.69 Å². The number of hydrogen-bond donors (Lipinski definition) is 2. The average molecular weight is 417 g/mol. The van der Waals surface area contributed by atoms with E-state index in [0.29, 0.717) is 18.3 Å². The molecule has 1 aromatic carbocycles. The van der Waals surface area contributed by atoms with Crippen molar-refractivity contribution in [1.82, 2.24) is 4.57 Å². The second kappa shape index (κ2) is 5.62. The van der Waals surface area contributed by atoms with Crippen molar-refractivity contribution in [2.24, 2.45) is 5.73 Å². The smallest absolute Gasteiger partial charge is 0.263 e. The Balaban J connectivity index is 1.93. The van der Waals surface area contributed by atoms with Crippen LogP contribution in [0.2, 0.25) is 0 Å². The Labute approximate surface area is 137 Å². The SMILES string of the molecule is NCc1cc(S(=O)(=O)Nc2ccccc2I)cn1C1CC1.